The average Bonchev–Trinajstić information content (AvgIpc) is 2.19. The SMILES string of the molecule is COc1ncc(NC(C)C(C)N)cn1. The number of nitrogens with zero attached hydrogens (tertiary/aromatic N) is 2. The van der Waals surface area contributed by atoms with E-state index in [4.69, 9.17) is 10.5 Å². The van der Waals surface area contributed by atoms with Crippen LogP contribution in [0.25, 0.3) is 0 Å². The highest BCUT2D eigenvalue weighted by Crippen LogP contribution is 2.08. The zero-order valence-corrected chi connectivity index (χ0v) is 8.69. The monoisotopic (exact) mass is 196 g/mol. The van der Waals surface area contributed by atoms with Gasteiger partial charge in [-0.1, -0.05) is 0 Å². The molecule has 1 aromatic heterocycles. The van der Waals surface area contributed by atoms with Crippen LogP contribution in [-0.4, -0.2) is 29.2 Å². The van der Waals surface area contributed by atoms with Gasteiger partial charge in [-0.05, 0) is 13.8 Å². The highest BCUT2D eigenvalue weighted by molar-refractivity contribution is 5.39. The molecule has 0 aromatic carbocycles. The molecule has 0 aliphatic carbocycles. The number of rotatable bonds is 4. The zero-order valence-electron chi connectivity index (χ0n) is 8.69. The summed E-state index contributed by atoms with van der Waals surface area (Å²) in [5.74, 6) is 0. The molecule has 5 nitrogen and oxygen atoms in total. The predicted octanol–water partition coefficient (Wildman–Crippen LogP) is 0.633. The molecule has 0 amide bonds. The summed E-state index contributed by atoms with van der Waals surface area (Å²) in [7, 11) is 1.53. The number of methoxy groups -OCH3 is 1. The molecular weight excluding hydrogens is 180 g/mol. The maximum Gasteiger partial charge on any atom is 0.316 e. The molecule has 0 saturated carbocycles. The van der Waals surface area contributed by atoms with Crippen molar-refractivity contribution in [2.24, 2.45) is 5.73 Å². The number of aromatic nitrogens is 2. The van der Waals surface area contributed by atoms with Crippen molar-refractivity contribution in [3.05, 3.63) is 12.4 Å². The molecule has 78 valence electrons. The Balaban J connectivity index is 2.59. The second-order valence-electron chi connectivity index (χ2n) is 3.25. The lowest BCUT2D eigenvalue weighted by atomic mass is 10.2. The van der Waals surface area contributed by atoms with Crippen molar-refractivity contribution in [1.29, 1.82) is 0 Å². The van der Waals surface area contributed by atoms with E-state index in [0.717, 1.165) is 5.69 Å². The van der Waals surface area contributed by atoms with Gasteiger partial charge in [0.2, 0.25) is 0 Å². The van der Waals surface area contributed by atoms with Gasteiger partial charge in [0.25, 0.3) is 0 Å². The molecule has 14 heavy (non-hydrogen) atoms. The van der Waals surface area contributed by atoms with Gasteiger partial charge in [0.1, 0.15) is 0 Å². The first-order valence-corrected chi connectivity index (χ1v) is 4.51. The second-order valence-corrected chi connectivity index (χ2v) is 3.25. The maximum absolute atomic E-state index is 5.71. The second kappa shape index (κ2) is 4.76. The van der Waals surface area contributed by atoms with E-state index in [2.05, 4.69) is 15.3 Å². The van der Waals surface area contributed by atoms with Crippen LogP contribution >= 0.6 is 0 Å². The summed E-state index contributed by atoms with van der Waals surface area (Å²) in [6.45, 7) is 3.96. The Morgan fingerprint density at radius 1 is 1.36 bits per heavy atom. The van der Waals surface area contributed by atoms with E-state index in [1.807, 2.05) is 13.8 Å². The van der Waals surface area contributed by atoms with Crippen LogP contribution in [0.2, 0.25) is 0 Å². The van der Waals surface area contributed by atoms with Crippen LogP contribution in [-0.2, 0) is 0 Å². The molecular formula is C9H16N4O. The van der Waals surface area contributed by atoms with Crippen LogP contribution in [0.4, 0.5) is 5.69 Å². The number of hydrogen-bond acceptors (Lipinski definition) is 5. The molecule has 0 spiro atoms. The lowest BCUT2D eigenvalue weighted by Gasteiger charge is -2.17. The quantitative estimate of drug-likeness (QED) is 0.739. The third-order valence-electron chi connectivity index (χ3n) is 1.99. The Morgan fingerprint density at radius 3 is 2.36 bits per heavy atom. The smallest absolute Gasteiger partial charge is 0.316 e. The van der Waals surface area contributed by atoms with Crippen LogP contribution in [0, 0.1) is 0 Å². The van der Waals surface area contributed by atoms with Crippen molar-refractivity contribution in [3.63, 3.8) is 0 Å². The molecule has 0 aliphatic heterocycles. The minimum absolute atomic E-state index is 0.0806. The van der Waals surface area contributed by atoms with Crippen LogP contribution in [0.3, 0.4) is 0 Å². The van der Waals surface area contributed by atoms with E-state index in [-0.39, 0.29) is 12.1 Å². The maximum atomic E-state index is 5.71. The zero-order chi connectivity index (χ0) is 10.6. The lowest BCUT2D eigenvalue weighted by Crippen LogP contribution is -2.35. The summed E-state index contributed by atoms with van der Waals surface area (Å²) in [6.07, 6.45) is 3.34. The van der Waals surface area contributed by atoms with E-state index in [9.17, 15) is 0 Å². The molecule has 1 rings (SSSR count). The van der Waals surface area contributed by atoms with E-state index in [0.29, 0.717) is 6.01 Å². The molecule has 0 saturated heterocycles. The number of hydrogen-bond donors (Lipinski definition) is 2. The van der Waals surface area contributed by atoms with Crippen molar-refractivity contribution in [2.45, 2.75) is 25.9 Å². The van der Waals surface area contributed by atoms with E-state index >= 15 is 0 Å². The fraction of sp³-hybridized carbons (Fsp3) is 0.556. The molecule has 0 radical (unpaired) electrons. The Morgan fingerprint density at radius 2 is 1.93 bits per heavy atom. The first kappa shape index (κ1) is 10.7. The molecule has 2 atom stereocenters. The van der Waals surface area contributed by atoms with Gasteiger partial charge >= 0.3 is 6.01 Å². The van der Waals surface area contributed by atoms with Gasteiger partial charge in [-0.2, -0.15) is 0 Å². The fourth-order valence-electron chi connectivity index (χ4n) is 0.890. The first-order chi connectivity index (χ1) is 6.63. The Kier molecular flexibility index (Phi) is 3.64. The standard InChI is InChI=1S/C9H16N4O/c1-6(10)7(2)13-8-4-11-9(14-3)12-5-8/h4-7,13H,10H2,1-3H3. The Hall–Kier alpha value is -1.36. The summed E-state index contributed by atoms with van der Waals surface area (Å²) in [4.78, 5) is 7.95. The minimum Gasteiger partial charge on any atom is -0.467 e. The summed E-state index contributed by atoms with van der Waals surface area (Å²) < 4.78 is 4.85. The molecule has 0 bridgehead atoms. The van der Waals surface area contributed by atoms with Crippen molar-refractivity contribution >= 4 is 5.69 Å². The fourth-order valence-corrected chi connectivity index (χ4v) is 0.890. The van der Waals surface area contributed by atoms with Crippen LogP contribution in [0.1, 0.15) is 13.8 Å². The van der Waals surface area contributed by atoms with E-state index < -0.39 is 0 Å². The van der Waals surface area contributed by atoms with Crippen molar-refractivity contribution < 1.29 is 4.74 Å². The van der Waals surface area contributed by atoms with Gasteiger partial charge in [0.15, 0.2) is 0 Å². The predicted molar refractivity (Wildman–Crippen MR) is 55.3 cm³/mol. The summed E-state index contributed by atoms with van der Waals surface area (Å²) in [5, 5.41) is 3.19. The molecule has 5 heteroatoms. The normalized spacial score (nSPS) is 14.6. The summed E-state index contributed by atoms with van der Waals surface area (Å²) >= 11 is 0. The average molecular weight is 196 g/mol. The molecule has 0 fully saturated rings. The summed E-state index contributed by atoms with van der Waals surface area (Å²) in [6, 6.07) is 0.632. The highest BCUT2D eigenvalue weighted by atomic mass is 16.5. The molecule has 1 heterocycles. The van der Waals surface area contributed by atoms with Gasteiger partial charge in [-0.3, -0.25) is 0 Å². The van der Waals surface area contributed by atoms with Gasteiger partial charge in [-0.15, -0.1) is 0 Å². The van der Waals surface area contributed by atoms with Crippen LogP contribution in [0.15, 0.2) is 12.4 Å². The third-order valence-corrected chi connectivity index (χ3v) is 1.99. The molecule has 1 aromatic rings. The Labute approximate surface area is 83.7 Å². The van der Waals surface area contributed by atoms with Crippen molar-refractivity contribution in [3.8, 4) is 6.01 Å². The van der Waals surface area contributed by atoms with Crippen molar-refractivity contribution in [1.82, 2.24) is 9.97 Å². The summed E-state index contributed by atoms with van der Waals surface area (Å²) in [5.41, 5.74) is 6.55. The van der Waals surface area contributed by atoms with Crippen LogP contribution in [0.5, 0.6) is 6.01 Å². The van der Waals surface area contributed by atoms with E-state index in [1.54, 1.807) is 12.4 Å². The number of anilines is 1. The third kappa shape index (κ3) is 2.85. The highest BCUT2D eigenvalue weighted by Gasteiger charge is 2.07. The Bertz CT molecular complexity index is 273. The van der Waals surface area contributed by atoms with Gasteiger partial charge in [0, 0.05) is 12.1 Å². The number of nitrogens with one attached hydrogen (secondary N) is 1. The van der Waals surface area contributed by atoms with Gasteiger partial charge < -0.3 is 15.8 Å². The van der Waals surface area contributed by atoms with Crippen LogP contribution < -0.4 is 15.8 Å². The topological polar surface area (TPSA) is 73.1 Å². The van der Waals surface area contributed by atoms with Crippen molar-refractivity contribution in [2.75, 3.05) is 12.4 Å². The first-order valence-electron chi connectivity index (χ1n) is 4.51. The van der Waals surface area contributed by atoms with E-state index in [1.165, 1.54) is 7.11 Å². The molecule has 2 unspecified atom stereocenters. The van der Waals surface area contributed by atoms with Gasteiger partial charge in [-0.25, -0.2) is 9.97 Å². The minimum atomic E-state index is 0.0806. The number of ether oxygens (including phenoxy) is 1. The lowest BCUT2D eigenvalue weighted by molar-refractivity contribution is 0.380. The van der Waals surface area contributed by atoms with Gasteiger partial charge in [0.05, 0.1) is 25.2 Å². The molecule has 0 aliphatic rings. The molecule has 3 N–H and O–H groups in total. The number of nitrogens with two attached hydrogens (primary N) is 1. The largest absolute Gasteiger partial charge is 0.467 e.